The van der Waals surface area contributed by atoms with Crippen LogP contribution in [0.15, 0.2) is 54.6 Å². The average molecular weight is 438 g/mol. The molecule has 32 heavy (non-hydrogen) atoms. The number of esters is 1. The van der Waals surface area contributed by atoms with Gasteiger partial charge in [0.25, 0.3) is 0 Å². The highest BCUT2D eigenvalue weighted by molar-refractivity contribution is 5.76. The third kappa shape index (κ3) is 4.62. The van der Waals surface area contributed by atoms with E-state index in [2.05, 4.69) is 4.90 Å². The van der Waals surface area contributed by atoms with Crippen LogP contribution in [0, 0.1) is 5.92 Å². The number of rotatable bonds is 7. The van der Waals surface area contributed by atoms with E-state index in [0.717, 1.165) is 63.1 Å². The van der Waals surface area contributed by atoms with E-state index in [4.69, 9.17) is 14.2 Å². The Morgan fingerprint density at radius 2 is 1.72 bits per heavy atom. The minimum atomic E-state index is -1.22. The van der Waals surface area contributed by atoms with Gasteiger partial charge in [0.15, 0.2) is 17.6 Å². The second-order valence-electron chi connectivity index (χ2n) is 9.13. The Morgan fingerprint density at radius 1 is 1.00 bits per heavy atom. The summed E-state index contributed by atoms with van der Waals surface area (Å²) in [5.41, 5.74) is 0.576. The number of para-hydroxylation sites is 2. The van der Waals surface area contributed by atoms with E-state index in [9.17, 15) is 9.90 Å². The van der Waals surface area contributed by atoms with Crippen molar-refractivity contribution in [3.05, 3.63) is 60.2 Å². The first-order chi connectivity index (χ1) is 15.7. The number of aliphatic hydroxyl groups excluding tert-OH is 1. The average Bonchev–Trinajstić information content (AvgIpc) is 3.56. The Kier molecular flexibility index (Phi) is 6.32. The van der Waals surface area contributed by atoms with Crippen molar-refractivity contribution < 1.29 is 24.1 Å². The van der Waals surface area contributed by atoms with E-state index in [1.807, 2.05) is 42.5 Å². The molecule has 2 fully saturated rings. The number of nitrogens with zero attached hydrogens (tertiary/aromatic N) is 1. The number of ether oxygens (including phenoxy) is 3. The van der Waals surface area contributed by atoms with E-state index in [1.165, 1.54) is 0 Å². The van der Waals surface area contributed by atoms with Gasteiger partial charge in [-0.2, -0.15) is 0 Å². The molecule has 3 aliphatic rings. The quantitative estimate of drug-likeness (QED) is 0.659. The zero-order chi connectivity index (χ0) is 21.9. The highest BCUT2D eigenvalue weighted by Gasteiger charge is 2.39. The number of likely N-dealkylation sites (tertiary alicyclic amines) is 1. The van der Waals surface area contributed by atoms with E-state index in [1.54, 1.807) is 12.1 Å². The van der Waals surface area contributed by atoms with Crippen LogP contribution in [0.1, 0.15) is 50.2 Å². The summed E-state index contributed by atoms with van der Waals surface area (Å²) < 4.78 is 17.6. The third-order valence-corrected chi connectivity index (χ3v) is 6.99. The van der Waals surface area contributed by atoms with Crippen LogP contribution in [-0.4, -0.2) is 47.5 Å². The van der Waals surface area contributed by atoms with Gasteiger partial charge in [0, 0.05) is 19.0 Å². The highest BCUT2D eigenvalue weighted by atomic mass is 16.7. The Morgan fingerprint density at radius 3 is 2.47 bits per heavy atom. The van der Waals surface area contributed by atoms with Crippen molar-refractivity contribution in [1.82, 2.24) is 4.90 Å². The van der Waals surface area contributed by atoms with Gasteiger partial charge in [0.2, 0.25) is 6.29 Å². The molecule has 4 atom stereocenters. The maximum Gasteiger partial charge on any atom is 0.339 e. The molecular formula is C26H31NO5. The molecule has 6 heteroatoms. The first-order valence-corrected chi connectivity index (χ1v) is 11.8. The Balaban J connectivity index is 1.10. The van der Waals surface area contributed by atoms with Gasteiger partial charge in [-0.05, 0) is 62.3 Å². The maximum atomic E-state index is 12.5. The van der Waals surface area contributed by atoms with E-state index in [-0.39, 0.29) is 18.4 Å². The lowest BCUT2D eigenvalue weighted by Crippen LogP contribution is -2.41. The van der Waals surface area contributed by atoms with Crippen LogP contribution < -0.4 is 9.47 Å². The number of benzene rings is 2. The molecule has 2 aliphatic heterocycles. The van der Waals surface area contributed by atoms with Gasteiger partial charge in [-0.1, -0.05) is 42.5 Å². The molecule has 1 saturated carbocycles. The fraction of sp³-hybridized carbons (Fsp3) is 0.500. The fourth-order valence-corrected chi connectivity index (χ4v) is 5.29. The summed E-state index contributed by atoms with van der Waals surface area (Å²) in [4.78, 5) is 15.0. The maximum absolute atomic E-state index is 12.5. The molecule has 0 bridgehead atoms. The van der Waals surface area contributed by atoms with Crippen molar-refractivity contribution in [3.63, 3.8) is 0 Å². The lowest BCUT2D eigenvalue weighted by atomic mass is 10.0. The number of fused-ring (bicyclic) bond motifs is 1. The van der Waals surface area contributed by atoms with Crippen LogP contribution in [-0.2, 0) is 9.53 Å². The summed E-state index contributed by atoms with van der Waals surface area (Å²) in [6.07, 6.45) is 4.46. The van der Waals surface area contributed by atoms with Gasteiger partial charge >= 0.3 is 5.97 Å². The molecule has 2 aromatic carbocycles. The van der Waals surface area contributed by atoms with E-state index >= 15 is 0 Å². The standard InChI is InChI=1S/C26H31NO5/c28-25(19-7-2-1-3-8-19)26(29)32-21-12-6-9-20(21)27-16-15-18(17-27)13-14-24-30-22-10-4-5-11-23(22)31-24/h1-5,7-8,10-11,18,20-21,24-25,28H,6,9,12-17H2/t18-,20?,21?,25?/m0/s1. The van der Waals surface area contributed by atoms with Crippen molar-refractivity contribution in [3.8, 4) is 11.5 Å². The molecule has 6 nitrogen and oxygen atoms in total. The monoisotopic (exact) mass is 437 g/mol. The normalized spacial score (nSPS) is 26.3. The lowest BCUT2D eigenvalue weighted by molar-refractivity contribution is -0.161. The SMILES string of the molecule is O=C(OC1CCCC1N1CC[C@H](CCC2Oc3ccccc3O2)C1)C(O)c1ccccc1. The third-order valence-electron chi connectivity index (χ3n) is 6.99. The molecule has 5 rings (SSSR count). The van der Waals surface area contributed by atoms with Crippen molar-refractivity contribution in [2.45, 2.75) is 63.1 Å². The molecule has 2 aromatic rings. The molecule has 1 aliphatic carbocycles. The molecule has 3 unspecified atom stereocenters. The van der Waals surface area contributed by atoms with Crippen LogP contribution in [0.25, 0.3) is 0 Å². The number of carbonyl (C=O) groups excluding carboxylic acids is 1. The minimum Gasteiger partial charge on any atom is -0.459 e. The van der Waals surface area contributed by atoms with E-state index < -0.39 is 12.1 Å². The van der Waals surface area contributed by atoms with Crippen LogP contribution >= 0.6 is 0 Å². The zero-order valence-corrected chi connectivity index (χ0v) is 18.3. The van der Waals surface area contributed by atoms with Crippen LogP contribution in [0.3, 0.4) is 0 Å². The molecule has 0 spiro atoms. The zero-order valence-electron chi connectivity index (χ0n) is 18.3. The number of hydrogen-bond donors (Lipinski definition) is 1. The predicted octanol–water partition coefficient (Wildman–Crippen LogP) is 4.08. The first kappa shape index (κ1) is 21.3. The van der Waals surface area contributed by atoms with Gasteiger partial charge in [-0.25, -0.2) is 4.79 Å². The smallest absolute Gasteiger partial charge is 0.339 e. The summed E-state index contributed by atoms with van der Waals surface area (Å²) in [6, 6.07) is 17.1. The molecule has 0 aromatic heterocycles. The van der Waals surface area contributed by atoms with Crippen LogP contribution in [0.4, 0.5) is 0 Å². The minimum absolute atomic E-state index is 0.143. The highest BCUT2D eigenvalue weighted by Crippen LogP contribution is 2.37. The van der Waals surface area contributed by atoms with Gasteiger partial charge < -0.3 is 19.3 Å². The van der Waals surface area contributed by atoms with Crippen LogP contribution in [0.5, 0.6) is 11.5 Å². The molecule has 0 radical (unpaired) electrons. The Hall–Kier alpha value is -2.57. The van der Waals surface area contributed by atoms with Gasteiger partial charge in [0.1, 0.15) is 6.10 Å². The molecule has 0 amide bonds. The topological polar surface area (TPSA) is 68.2 Å². The molecule has 1 N–H and O–H groups in total. The van der Waals surface area contributed by atoms with Crippen molar-refractivity contribution in [2.24, 2.45) is 5.92 Å². The fourth-order valence-electron chi connectivity index (χ4n) is 5.29. The van der Waals surface area contributed by atoms with Crippen molar-refractivity contribution in [2.75, 3.05) is 13.1 Å². The largest absolute Gasteiger partial charge is 0.459 e. The van der Waals surface area contributed by atoms with Crippen LogP contribution in [0.2, 0.25) is 0 Å². The second-order valence-corrected chi connectivity index (χ2v) is 9.13. The molecule has 170 valence electrons. The Labute approximate surface area is 189 Å². The lowest BCUT2D eigenvalue weighted by Gasteiger charge is -2.30. The molecule has 1 saturated heterocycles. The summed E-state index contributed by atoms with van der Waals surface area (Å²) in [6.45, 7) is 2.04. The molecule has 2 heterocycles. The summed E-state index contributed by atoms with van der Waals surface area (Å²) in [7, 11) is 0. The number of hydrogen-bond acceptors (Lipinski definition) is 6. The van der Waals surface area contributed by atoms with Crippen molar-refractivity contribution in [1.29, 1.82) is 0 Å². The van der Waals surface area contributed by atoms with E-state index in [0.29, 0.717) is 11.5 Å². The van der Waals surface area contributed by atoms with Crippen molar-refractivity contribution >= 4 is 5.97 Å². The predicted molar refractivity (Wildman–Crippen MR) is 119 cm³/mol. The van der Waals surface area contributed by atoms with Gasteiger partial charge in [-0.15, -0.1) is 0 Å². The number of carbonyl (C=O) groups is 1. The first-order valence-electron chi connectivity index (χ1n) is 11.8. The summed E-state index contributed by atoms with van der Waals surface area (Å²) >= 11 is 0. The second kappa shape index (κ2) is 9.51. The summed E-state index contributed by atoms with van der Waals surface area (Å²) in [5.74, 6) is 1.72. The van der Waals surface area contributed by atoms with Gasteiger partial charge in [0.05, 0.1) is 0 Å². The number of aliphatic hydroxyl groups is 1. The summed E-state index contributed by atoms with van der Waals surface area (Å²) in [5, 5.41) is 10.4. The Bertz CT molecular complexity index is 894. The van der Waals surface area contributed by atoms with Gasteiger partial charge in [-0.3, -0.25) is 4.90 Å². The molecular weight excluding hydrogens is 406 g/mol.